The van der Waals surface area contributed by atoms with Gasteiger partial charge in [0, 0.05) is 23.5 Å². The van der Waals surface area contributed by atoms with Gasteiger partial charge >= 0.3 is 11.8 Å². The predicted molar refractivity (Wildman–Crippen MR) is 108 cm³/mol. The number of aromatic nitrogens is 1. The Balaban J connectivity index is 2.16. The van der Waals surface area contributed by atoms with E-state index in [0.29, 0.717) is 6.54 Å². The Morgan fingerprint density at radius 1 is 1.11 bits per heavy atom. The molecule has 0 saturated heterocycles. The van der Waals surface area contributed by atoms with Gasteiger partial charge in [-0.15, -0.1) is 0 Å². The lowest BCUT2D eigenvalue weighted by molar-refractivity contribution is -0.139. The summed E-state index contributed by atoms with van der Waals surface area (Å²) in [5.74, 6) is -1.17. The van der Waals surface area contributed by atoms with Gasteiger partial charge in [-0.05, 0) is 50.8 Å². The number of amides is 2. The van der Waals surface area contributed by atoms with E-state index in [4.69, 9.17) is 0 Å². The van der Waals surface area contributed by atoms with Crippen molar-refractivity contribution in [2.75, 3.05) is 6.54 Å². The van der Waals surface area contributed by atoms with Crippen molar-refractivity contribution in [1.82, 2.24) is 15.3 Å². The van der Waals surface area contributed by atoms with Crippen LogP contribution in [-0.2, 0) is 9.59 Å². The molecule has 144 valence electrons. The van der Waals surface area contributed by atoms with Gasteiger partial charge in [-0.1, -0.05) is 32.0 Å². The van der Waals surface area contributed by atoms with Gasteiger partial charge < -0.3 is 9.88 Å². The van der Waals surface area contributed by atoms with E-state index in [2.05, 4.69) is 46.4 Å². The third kappa shape index (κ3) is 4.84. The zero-order valence-electron chi connectivity index (χ0n) is 16.9. The Hall–Kier alpha value is -2.89. The fourth-order valence-corrected chi connectivity index (χ4v) is 3.01. The molecule has 0 aliphatic rings. The van der Waals surface area contributed by atoms with Crippen LogP contribution >= 0.6 is 0 Å². The molecule has 0 spiro atoms. The summed E-state index contributed by atoms with van der Waals surface area (Å²) in [5, 5.41) is 6.50. The molecule has 2 N–H and O–H groups in total. The summed E-state index contributed by atoms with van der Waals surface area (Å²) >= 11 is 0. The number of hydrogen-bond donors (Lipinski definition) is 2. The Morgan fingerprint density at radius 2 is 1.74 bits per heavy atom. The Bertz CT molecular complexity index is 858. The second-order valence-electron chi connectivity index (χ2n) is 7.21. The third-order valence-corrected chi connectivity index (χ3v) is 4.38. The third-order valence-electron chi connectivity index (χ3n) is 4.38. The number of carbonyl (C=O) groups is 2. The van der Waals surface area contributed by atoms with Crippen LogP contribution in [0.1, 0.15) is 41.9 Å². The van der Waals surface area contributed by atoms with Crippen LogP contribution < -0.4 is 10.7 Å². The second-order valence-corrected chi connectivity index (χ2v) is 7.21. The van der Waals surface area contributed by atoms with Crippen molar-refractivity contribution in [3.05, 3.63) is 52.3 Å². The number of carbonyl (C=O) groups excluding carboxylic acids is 2. The fourth-order valence-electron chi connectivity index (χ4n) is 3.01. The highest BCUT2D eigenvalue weighted by atomic mass is 16.2. The van der Waals surface area contributed by atoms with E-state index < -0.39 is 11.8 Å². The van der Waals surface area contributed by atoms with Crippen molar-refractivity contribution in [2.45, 2.75) is 41.5 Å². The van der Waals surface area contributed by atoms with Gasteiger partial charge in [0.1, 0.15) is 0 Å². The molecule has 2 aromatic rings. The van der Waals surface area contributed by atoms with Crippen LogP contribution in [-0.4, -0.2) is 29.1 Å². The number of nitrogens with one attached hydrogen (secondary N) is 2. The summed E-state index contributed by atoms with van der Waals surface area (Å²) in [5.41, 5.74) is 8.80. The molecule has 0 radical (unpaired) electrons. The van der Waals surface area contributed by atoms with Crippen molar-refractivity contribution in [3.63, 3.8) is 0 Å². The van der Waals surface area contributed by atoms with E-state index in [1.165, 1.54) is 11.1 Å². The van der Waals surface area contributed by atoms with Crippen molar-refractivity contribution in [1.29, 1.82) is 0 Å². The van der Waals surface area contributed by atoms with E-state index >= 15 is 0 Å². The monoisotopic (exact) mass is 368 g/mol. The summed E-state index contributed by atoms with van der Waals surface area (Å²) in [4.78, 5) is 23.4. The topological polar surface area (TPSA) is 75.5 Å². The highest BCUT2D eigenvalue weighted by molar-refractivity contribution is 6.35. The first-order chi connectivity index (χ1) is 12.7. The maximum atomic E-state index is 11.8. The SMILES string of the molecule is Cc1cccc(C)c1-n1c(C)cc(C=NNC(=O)C(=O)NCC(C)C)c1C. The van der Waals surface area contributed by atoms with E-state index in [1.807, 2.05) is 39.8 Å². The summed E-state index contributed by atoms with van der Waals surface area (Å²) in [6.07, 6.45) is 1.57. The molecule has 1 aromatic carbocycles. The zero-order valence-corrected chi connectivity index (χ0v) is 16.9. The summed E-state index contributed by atoms with van der Waals surface area (Å²) in [6.45, 7) is 12.6. The van der Waals surface area contributed by atoms with E-state index in [-0.39, 0.29) is 5.92 Å². The number of hydrazone groups is 1. The minimum absolute atomic E-state index is 0.278. The molecule has 6 heteroatoms. The Labute approximate surface area is 160 Å². The normalized spacial score (nSPS) is 11.2. The molecule has 6 nitrogen and oxygen atoms in total. The first-order valence-electron chi connectivity index (χ1n) is 9.09. The minimum Gasteiger partial charge on any atom is -0.348 e. The number of rotatable bonds is 5. The number of para-hydroxylation sites is 1. The van der Waals surface area contributed by atoms with Gasteiger partial charge in [-0.2, -0.15) is 5.10 Å². The molecule has 0 unspecified atom stereocenters. The lowest BCUT2D eigenvalue weighted by atomic mass is 10.1. The highest BCUT2D eigenvalue weighted by Crippen LogP contribution is 2.25. The van der Waals surface area contributed by atoms with Gasteiger partial charge in [0.15, 0.2) is 0 Å². The molecule has 0 bridgehead atoms. The predicted octanol–water partition coefficient (Wildman–Crippen LogP) is 2.93. The molecular weight excluding hydrogens is 340 g/mol. The van der Waals surface area contributed by atoms with Crippen LogP contribution in [0, 0.1) is 33.6 Å². The Morgan fingerprint density at radius 3 is 2.33 bits per heavy atom. The van der Waals surface area contributed by atoms with Crippen LogP contribution in [0.25, 0.3) is 5.69 Å². The molecule has 2 rings (SSSR count). The van der Waals surface area contributed by atoms with Crippen molar-refractivity contribution in [2.24, 2.45) is 11.0 Å². The summed E-state index contributed by atoms with van der Waals surface area (Å²) < 4.78 is 2.18. The van der Waals surface area contributed by atoms with Gasteiger partial charge in [0.25, 0.3) is 0 Å². The maximum absolute atomic E-state index is 11.8. The molecule has 27 heavy (non-hydrogen) atoms. The first kappa shape index (κ1) is 20.4. The average molecular weight is 368 g/mol. The first-order valence-corrected chi connectivity index (χ1v) is 9.09. The lowest BCUT2D eigenvalue weighted by Crippen LogP contribution is -2.39. The van der Waals surface area contributed by atoms with E-state index in [0.717, 1.165) is 22.6 Å². The number of benzene rings is 1. The van der Waals surface area contributed by atoms with E-state index in [9.17, 15) is 9.59 Å². The molecule has 2 amide bonds. The zero-order chi connectivity index (χ0) is 20.1. The fraction of sp³-hybridized carbons (Fsp3) is 0.381. The van der Waals surface area contributed by atoms with Gasteiger partial charge in [-0.3, -0.25) is 9.59 Å². The smallest absolute Gasteiger partial charge is 0.329 e. The molecule has 1 aromatic heterocycles. The molecule has 0 aliphatic carbocycles. The number of aryl methyl sites for hydroxylation is 3. The standard InChI is InChI=1S/C21H28N4O2/c1-13(2)11-22-20(26)21(27)24-23-12-18-10-16(5)25(17(18)6)19-14(3)8-7-9-15(19)4/h7-10,12-13H,11H2,1-6H3,(H,22,26)(H,24,27). The largest absolute Gasteiger partial charge is 0.348 e. The van der Waals surface area contributed by atoms with Crippen LogP contribution in [0.3, 0.4) is 0 Å². The minimum atomic E-state index is -0.768. The highest BCUT2D eigenvalue weighted by Gasteiger charge is 2.14. The number of hydrogen-bond acceptors (Lipinski definition) is 3. The van der Waals surface area contributed by atoms with Gasteiger partial charge in [0.05, 0.1) is 11.9 Å². The second kappa shape index (κ2) is 8.66. The van der Waals surface area contributed by atoms with Crippen LogP contribution in [0.2, 0.25) is 0 Å². The van der Waals surface area contributed by atoms with Crippen LogP contribution in [0.4, 0.5) is 0 Å². The van der Waals surface area contributed by atoms with Crippen LogP contribution in [0.5, 0.6) is 0 Å². The van der Waals surface area contributed by atoms with Gasteiger partial charge in [-0.25, -0.2) is 5.43 Å². The van der Waals surface area contributed by atoms with Crippen LogP contribution in [0.15, 0.2) is 29.4 Å². The molecule has 0 atom stereocenters. The summed E-state index contributed by atoms with van der Waals surface area (Å²) in [6, 6.07) is 8.23. The molecule has 0 saturated carbocycles. The number of nitrogens with zero attached hydrogens (tertiary/aromatic N) is 2. The molecule has 1 heterocycles. The summed E-state index contributed by atoms with van der Waals surface area (Å²) in [7, 11) is 0. The lowest BCUT2D eigenvalue weighted by Gasteiger charge is -2.15. The quantitative estimate of drug-likeness (QED) is 0.484. The van der Waals surface area contributed by atoms with Crippen molar-refractivity contribution < 1.29 is 9.59 Å². The molecule has 0 fully saturated rings. The maximum Gasteiger partial charge on any atom is 0.329 e. The Kier molecular flexibility index (Phi) is 6.55. The molecular formula is C21H28N4O2. The van der Waals surface area contributed by atoms with Crippen molar-refractivity contribution in [3.8, 4) is 5.69 Å². The van der Waals surface area contributed by atoms with Gasteiger partial charge in [0.2, 0.25) is 0 Å². The molecule has 0 aliphatic heterocycles. The average Bonchev–Trinajstić information content (AvgIpc) is 2.87. The van der Waals surface area contributed by atoms with Crippen molar-refractivity contribution >= 4 is 18.0 Å². The van der Waals surface area contributed by atoms with E-state index in [1.54, 1.807) is 6.21 Å².